The van der Waals surface area contributed by atoms with Gasteiger partial charge in [0, 0.05) is 21.1 Å². The van der Waals surface area contributed by atoms with Gasteiger partial charge in [-0.2, -0.15) is 0 Å². The van der Waals surface area contributed by atoms with Gasteiger partial charge in [0.2, 0.25) is 0 Å². The molecule has 2 rings (SSSR count). The molecule has 0 fully saturated rings. The molecule has 0 unspecified atom stereocenters. The summed E-state index contributed by atoms with van der Waals surface area (Å²) in [6.45, 7) is -0.328. The second-order valence-electron chi connectivity index (χ2n) is 4.78. The van der Waals surface area contributed by atoms with Crippen LogP contribution in [-0.4, -0.2) is 24.7 Å². The lowest BCUT2D eigenvalue weighted by Crippen LogP contribution is -2.20. The molecule has 0 aliphatic rings. The van der Waals surface area contributed by atoms with Crippen molar-refractivity contribution in [3.8, 4) is 0 Å². The second kappa shape index (κ2) is 9.30. The Bertz CT molecular complexity index is 761. The number of nitrogens with one attached hydrogen (secondary N) is 1. The Hall–Kier alpha value is -2.05. The standard InChI is InChI=1S/C18H16BrNO3S/c1-24-16-7-3-6-15(11-16)20-17(21)12-23-18(22)9-8-13-4-2-5-14(19)10-13/h2-11H,12H2,1H3,(H,20,21)/b9-8+. The molecule has 2 aromatic rings. The number of hydrogen-bond acceptors (Lipinski definition) is 4. The number of amides is 1. The lowest BCUT2D eigenvalue weighted by Gasteiger charge is -2.06. The van der Waals surface area contributed by atoms with E-state index in [-0.39, 0.29) is 12.5 Å². The number of anilines is 1. The highest BCUT2D eigenvalue weighted by Gasteiger charge is 2.06. The van der Waals surface area contributed by atoms with E-state index in [4.69, 9.17) is 4.74 Å². The quantitative estimate of drug-likeness (QED) is 0.440. The fourth-order valence-electron chi connectivity index (χ4n) is 1.86. The maximum atomic E-state index is 11.8. The fourth-order valence-corrected chi connectivity index (χ4v) is 2.73. The van der Waals surface area contributed by atoms with Crippen molar-refractivity contribution in [2.45, 2.75) is 4.90 Å². The third-order valence-corrected chi connectivity index (χ3v) is 4.18. The topological polar surface area (TPSA) is 55.4 Å². The Morgan fingerprint density at radius 1 is 1.21 bits per heavy atom. The number of thioether (sulfide) groups is 1. The first kappa shape index (κ1) is 18.3. The van der Waals surface area contributed by atoms with E-state index in [1.165, 1.54) is 6.08 Å². The Balaban J connectivity index is 1.81. The SMILES string of the molecule is CSc1cccc(NC(=O)COC(=O)/C=C/c2cccc(Br)c2)c1. The number of rotatable bonds is 6. The minimum Gasteiger partial charge on any atom is -0.452 e. The molecule has 1 amide bonds. The summed E-state index contributed by atoms with van der Waals surface area (Å²) in [6.07, 6.45) is 4.89. The van der Waals surface area contributed by atoms with Crippen molar-refractivity contribution in [1.29, 1.82) is 0 Å². The van der Waals surface area contributed by atoms with Crippen molar-refractivity contribution in [3.63, 3.8) is 0 Å². The Kier molecular flexibility index (Phi) is 7.08. The van der Waals surface area contributed by atoms with E-state index in [2.05, 4.69) is 21.2 Å². The van der Waals surface area contributed by atoms with Crippen molar-refractivity contribution < 1.29 is 14.3 Å². The molecule has 0 spiro atoms. The van der Waals surface area contributed by atoms with Crippen LogP contribution in [0.5, 0.6) is 0 Å². The number of esters is 1. The number of carbonyl (C=O) groups is 2. The van der Waals surface area contributed by atoms with Crippen LogP contribution < -0.4 is 5.32 Å². The molecule has 1 N–H and O–H groups in total. The summed E-state index contributed by atoms with van der Waals surface area (Å²) < 4.78 is 5.85. The molecule has 124 valence electrons. The average molecular weight is 406 g/mol. The third kappa shape index (κ3) is 6.22. The van der Waals surface area contributed by atoms with Crippen LogP contribution in [0.1, 0.15) is 5.56 Å². The fraction of sp³-hybridized carbons (Fsp3) is 0.111. The van der Waals surface area contributed by atoms with Gasteiger partial charge in [-0.1, -0.05) is 34.1 Å². The maximum absolute atomic E-state index is 11.8. The molecule has 0 bridgehead atoms. The Morgan fingerprint density at radius 2 is 2.00 bits per heavy atom. The monoisotopic (exact) mass is 405 g/mol. The molecule has 2 aromatic carbocycles. The van der Waals surface area contributed by atoms with E-state index in [9.17, 15) is 9.59 Å². The minimum absolute atomic E-state index is 0.328. The first-order valence-corrected chi connectivity index (χ1v) is 9.13. The third-order valence-electron chi connectivity index (χ3n) is 2.96. The van der Waals surface area contributed by atoms with Crippen LogP contribution in [0.15, 0.2) is 64.0 Å². The van der Waals surface area contributed by atoms with Gasteiger partial charge in [-0.25, -0.2) is 4.79 Å². The predicted molar refractivity (Wildman–Crippen MR) is 101 cm³/mol. The van der Waals surface area contributed by atoms with Crippen LogP contribution in [-0.2, 0) is 14.3 Å². The lowest BCUT2D eigenvalue weighted by atomic mass is 10.2. The van der Waals surface area contributed by atoms with Gasteiger partial charge in [-0.3, -0.25) is 4.79 Å². The van der Waals surface area contributed by atoms with Gasteiger partial charge in [-0.15, -0.1) is 11.8 Å². The number of benzene rings is 2. The van der Waals surface area contributed by atoms with Crippen LogP contribution >= 0.6 is 27.7 Å². The molecule has 0 aliphatic carbocycles. The molecular formula is C18H16BrNO3S. The molecule has 0 radical (unpaired) electrons. The molecule has 0 aromatic heterocycles. The summed E-state index contributed by atoms with van der Waals surface area (Å²) in [7, 11) is 0. The van der Waals surface area contributed by atoms with E-state index in [0.717, 1.165) is 14.9 Å². The molecule has 0 atom stereocenters. The first-order chi connectivity index (χ1) is 11.6. The van der Waals surface area contributed by atoms with Crippen molar-refractivity contribution in [3.05, 3.63) is 64.6 Å². The van der Waals surface area contributed by atoms with Crippen molar-refractivity contribution in [2.75, 3.05) is 18.2 Å². The second-order valence-corrected chi connectivity index (χ2v) is 6.57. The van der Waals surface area contributed by atoms with Crippen LogP contribution in [0.4, 0.5) is 5.69 Å². The average Bonchev–Trinajstić information content (AvgIpc) is 2.58. The van der Waals surface area contributed by atoms with Crippen LogP contribution in [0.3, 0.4) is 0 Å². The van der Waals surface area contributed by atoms with E-state index in [0.29, 0.717) is 5.69 Å². The molecule has 0 heterocycles. The highest BCUT2D eigenvalue weighted by Crippen LogP contribution is 2.18. The highest BCUT2D eigenvalue weighted by molar-refractivity contribution is 9.10. The summed E-state index contributed by atoms with van der Waals surface area (Å²) in [5.41, 5.74) is 1.53. The van der Waals surface area contributed by atoms with Gasteiger partial charge in [0.15, 0.2) is 6.61 Å². The van der Waals surface area contributed by atoms with Gasteiger partial charge in [-0.05, 0) is 48.2 Å². The van der Waals surface area contributed by atoms with Gasteiger partial charge in [0.1, 0.15) is 0 Å². The van der Waals surface area contributed by atoms with E-state index < -0.39 is 5.97 Å². The van der Waals surface area contributed by atoms with Gasteiger partial charge >= 0.3 is 5.97 Å². The number of ether oxygens (including phenoxy) is 1. The Morgan fingerprint density at radius 3 is 2.75 bits per heavy atom. The summed E-state index contributed by atoms with van der Waals surface area (Å²) in [6, 6.07) is 14.9. The molecule has 0 saturated heterocycles. The molecule has 0 saturated carbocycles. The minimum atomic E-state index is -0.567. The smallest absolute Gasteiger partial charge is 0.331 e. The summed E-state index contributed by atoms with van der Waals surface area (Å²) in [5.74, 6) is -0.944. The van der Waals surface area contributed by atoms with Crippen LogP contribution in [0, 0.1) is 0 Å². The predicted octanol–water partition coefficient (Wildman–Crippen LogP) is 4.37. The number of carbonyl (C=O) groups excluding carboxylic acids is 2. The van der Waals surface area contributed by atoms with E-state index in [1.54, 1.807) is 23.9 Å². The van der Waals surface area contributed by atoms with Crippen LogP contribution in [0.2, 0.25) is 0 Å². The number of halogens is 1. The molecule has 6 heteroatoms. The van der Waals surface area contributed by atoms with Gasteiger partial charge in [0.25, 0.3) is 5.91 Å². The van der Waals surface area contributed by atoms with Gasteiger partial charge in [0.05, 0.1) is 0 Å². The van der Waals surface area contributed by atoms with Crippen molar-refractivity contribution in [2.24, 2.45) is 0 Å². The zero-order valence-corrected chi connectivity index (χ0v) is 15.4. The van der Waals surface area contributed by atoms with Crippen LogP contribution in [0.25, 0.3) is 6.08 Å². The largest absolute Gasteiger partial charge is 0.452 e. The van der Waals surface area contributed by atoms with Gasteiger partial charge < -0.3 is 10.1 Å². The van der Waals surface area contributed by atoms with E-state index >= 15 is 0 Å². The zero-order chi connectivity index (χ0) is 17.4. The molecule has 4 nitrogen and oxygen atoms in total. The first-order valence-electron chi connectivity index (χ1n) is 7.11. The lowest BCUT2D eigenvalue weighted by molar-refractivity contribution is -0.142. The normalized spacial score (nSPS) is 10.6. The maximum Gasteiger partial charge on any atom is 0.331 e. The molecule has 24 heavy (non-hydrogen) atoms. The summed E-state index contributed by atoms with van der Waals surface area (Å²) >= 11 is 4.94. The molecule has 0 aliphatic heterocycles. The summed E-state index contributed by atoms with van der Waals surface area (Å²) in [4.78, 5) is 24.5. The summed E-state index contributed by atoms with van der Waals surface area (Å²) in [5, 5.41) is 2.69. The zero-order valence-electron chi connectivity index (χ0n) is 13.0. The van der Waals surface area contributed by atoms with Crippen molar-refractivity contribution >= 4 is 51.3 Å². The Labute approximate surface area is 153 Å². The van der Waals surface area contributed by atoms with Crippen molar-refractivity contribution in [1.82, 2.24) is 0 Å². The number of hydrogen-bond donors (Lipinski definition) is 1. The highest BCUT2D eigenvalue weighted by atomic mass is 79.9. The van der Waals surface area contributed by atoms with E-state index in [1.807, 2.05) is 48.7 Å². The molecular weight excluding hydrogens is 390 g/mol.